The predicted octanol–water partition coefficient (Wildman–Crippen LogP) is 3.52. The van der Waals surface area contributed by atoms with Crippen LogP contribution in [0.1, 0.15) is 57.2 Å². The summed E-state index contributed by atoms with van der Waals surface area (Å²) in [4.78, 5) is 30.5. The van der Waals surface area contributed by atoms with Crippen LogP contribution in [0, 0.1) is 6.92 Å². The molecular weight excluding hydrogens is 414 g/mol. The van der Waals surface area contributed by atoms with Crippen molar-refractivity contribution >= 4 is 11.6 Å². The number of rotatable bonds is 6. The Morgan fingerprint density at radius 1 is 0.909 bits per heavy atom. The summed E-state index contributed by atoms with van der Waals surface area (Å²) in [5, 5.41) is 9.98. The molecule has 1 aromatic carbocycles. The Hall–Kier alpha value is -2.76. The molecule has 3 saturated heterocycles. The third-order valence-corrected chi connectivity index (χ3v) is 6.55. The average Bonchev–Trinajstić information content (AvgIpc) is 3.60. The van der Waals surface area contributed by atoms with Gasteiger partial charge < -0.3 is 19.8 Å². The van der Waals surface area contributed by atoms with Crippen LogP contribution in [0.4, 0.5) is 0 Å². The van der Waals surface area contributed by atoms with E-state index in [0.29, 0.717) is 22.8 Å². The van der Waals surface area contributed by atoms with Crippen molar-refractivity contribution in [3.8, 4) is 5.75 Å². The van der Waals surface area contributed by atoms with E-state index in [0.717, 1.165) is 51.3 Å². The molecule has 0 bridgehead atoms. The molecule has 0 aromatic heterocycles. The molecule has 0 spiro atoms. The summed E-state index contributed by atoms with van der Waals surface area (Å²) < 4.78 is 0. The fourth-order valence-electron chi connectivity index (χ4n) is 4.25. The highest BCUT2D eigenvalue weighted by molar-refractivity contribution is 6.22. The smallest absolute Gasteiger partial charge is 0.227 e. The van der Waals surface area contributed by atoms with Crippen molar-refractivity contribution in [1.82, 2.24) is 14.7 Å². The number of carbonyl (C=O) groups is 2. The van der Waals surface area contributed by atoms with E-state index in [1.807, 2.05) is 20.8 Å². The number of nitrogens with zero attached hydrogens (tertiary/aromatic N) is 3. The van der Waals surface area contributed by atoms with Gasteiger partial charge in [-0.3, -0.25) is 9.59 Å². The van der Waals surface area contributed by atoms with E-state index >= 15 is 0 Å². The SMILES string of the molecule is CCCCc1cc(C(C)(C)C)c(O)cc1C.O=C1C=C(N2CC2)C(=O)C(N2CC2)=C1N1CC1. The van der Waals surface area contributed by atoms with Gasteiger partial charge in [0.25, 0.3) is 0 Å². The van der Waals surface area contributed by atoms with E-state index in [2.05, 4.69) is 40.7 Å². The molecule has 3 fully saturated rings. The molecule has 0 saturated carbocycles. The highest BCUT2D eigenvalue weighted by atomic mass is 16.3. The number of aromatic hydroxyl groups is 1. The summed E-state index contributed by atoms with van der Waals surface area (Å²) in [7, 11) is 0. The number of phenols is 1. The van der Waals surface area contributed by atoms with Gasteiger partial charge in [0.05, 0.1) is 5.70 Å². The zero-order chi connectivity index (χ0) is 23.9. The van der Waals surface area contributed by atoms with Crippen molar-refractivity contribution in [2.75, 3.05) is 39.3 Å². The summed E-state index contributed by atoms with van der Waals surface area (Å²) >= 11 is 0. The second-order valence-corrected chi connectivity index (χ2v) is 10.5. The van der Waals surface area contributed by atoms with Gasteiger partial charge in [0, 0.05) is 45.3 Å². The van der Waals surface area contributed by atoms with Gasteiger partial charge in [0.1, 0.15) is 17.1 Å². The molecule has 5 rings (SSSR count). The fourth-order valence-corrected chi connectivity index (χ4v) is 4.25. The van der Waals surface area contributed by atoms with Crippen molar-refractivity contribution in [3.63, 3.8) is 0 Å². The van der Waals surface area contributed by atoms with Crippen LogP contribution in [0.3, 0.4) is 0 Å². The number of ketones is 2. The third-order valence-electron chi connectivity index (χ3n) is 6.55. The lowest BCUT2D eigenvalue weighted by Crippen LogP contribution is -2.29. The summed E-state index contributed by atoms with van der Waals surface area (Å²) in [5.74, 6) is 0.484. The van der Waals surface area contributed by atoms with Gasteiger partial charge in [-0.15, -0.1) is 0 Å². The van der Waals surface area contributed by atoms with Crippen LogP contribution in [-0.2, 0) is 21.4 Å². The molecule has 0 unspecified atom stereocenters. The lowest BCUT2D eigenvalue weighted by Gasteiger charge is -2.22. The summed E-state index contributed by atoms with van der Waals surface area (Å²) in [6.07, 6.45) is 5.07. The second kappa shape index (κ2) is 8.88. The Kier molecular flexibility index (Phi) is 6.30. The molecule has 33 heavy (non-hydrogen) atoms. The molecule has 3 heterocycles. The monoisotopic (exact) mass is 451 g/mol. The first-order valence-electron chi connectivity index (χ1n) is 12.2. The van der Waals surface area contributed by atoms with E-state index in [1.54, 1.807) is 0 Å². The van der Waals surface area contributed by atoms with Crippen LogP contribution in [0.2, 0.25) is 0 Å². The normalized spacial score (nSPS) is 19.4. The number of allylic oxidation sites excluding steroid dienone is 1. The molecule has 0 radical (unpaired) electrons. The topological polar surface area (TPSA) is 63.4 Å². The number of aryl methyl sites for hydroxylation is 2. The Labute approximate surface area is 197 Å². The van der Waals surface area contributed by atoms with Crippen molar-refractivity contribution < 1.29 is 14.7 Å². The average molecular weight is 452 g/mol. The minimum absolute atomic E-state index is 0.00546. The molecule has 1 aliphatic carbocycles. The number of hydrogen-bond acceptors (Lipinski definition) is 6. The first kappa shape index (κ1) is 23.4. The van der Waals surface area contributed by atoms with Crippen molar-refractivity contribution in [3.05, 3.63) is 52.0 Å². The number of Topliss-reactive ketones (excluding diaryl/α,β-unsaturated/α-hetero) is 1. The van der Waals surface area contributed by atoms with E-state index in [9.17, 15) is 14.7 Å². The molecule has 3 aliphatic heterocycles. The van der Waals surface area contributed by atoms with E-state index < -0.39 is 0 Å². The van der Waals surface area contributed by atoms with Gasteiger partial charge >= 0.3 is 0 Å². The van der Waals surface area contributed by atoms with Crippen LogP contribution in [-0.4, -0.2) is 70.6 Å². The van der Waals surface area contributed by atoms with Gasteiger partial charge in [0.2, 0.25) is 11.6 Å². The number of unbranched alkanes of at least 4 members (excludes halogenated alkanes) is 1. The summed E-state index contributed by atoms with van der Waals surface area (Å²) in [5.41, 5.74) is 5.55. The zero-order valence-electron chi connectivity index (χ0n) is 20.7. The lowest BCUT2D eigenvalue weighted by atomic mass is 9.84. The number of hydrogen-bond donors (Lipinski definition) is 1. The van der Waals surface area contributed by atoms with Crippen LogP contribution in [0.25, 0.3) is 0 Å². The number of benzene rings is 1. The Morgan fingerprint density at radius 3 is 2.00 bits per heavy atom. The maximum atomic E-state index is 12.4. The molecule has 1 aromatic rings. The highest BCUT2D eigenvalue weighted by Gasteiger charge is 2.43. The number of carbonyl (C=O) groups excluding carboxylic acids is 2. The molecule has 0 amide bonds. The maximum absolute atomic E-state index is 12.4. The maximum Gasteiger partial charge on any atom is 0.227 e. The molecule has 6 nitrogen and oxygen atoms in total. The largest absolute Gasteiger partial charge is 0.508 e. The first-order chi connectivity index (χ1) is 15.6. The van der Waals surface area contributed by atoms with Crippen molar-refractivity contribution in [1.29, 1.82) is 0 Å². The van der Waals surface area contributed by atoms with Gasteiger partial charge in [0.15, 0.2) is 0 Å². The molecule has 178 valence electrons. The first-order valence-corrected chi connectivity index (χ1v) is 12.2. The minimum Gasteiger partial charge on any atom is -0.508 e. The Balaban J connectivity index is 0.000000158. The standard InChI is InChI=1S/C15H24O.C12H13N3O2/c1-6-7-8-12-10-13(15(3,4)5)14(16)9-11(12)2;16-9-7-8(13-1-2-13)12(17)11(15-5-6-15)10(9)14-3-4-14/h9-10,16H,6-8H2,1-5H3;7H,1-6H2. The van der Waals surface area contributed by atoms with Gasteiger partial charge in [-0.2, -0.15) is 0 Å². The molecule has 0 atom stereocenters. The predicted molar refractivity (Wildman–Crippen MR) is 130 cm³/mol. The third kappa shape index (κ3) is 5.26. The van der Waals surface area contributed by atoms with Crippen LogP contribution < -0.4 is 0 Å². The highest BCUT2D eigenvalue weighted by Crippen LogP contribution is 2.34. The molecule has 4 aliphatic rings. The Bertz CT molecular complexity index is 1020. The Morgan fingerprint density at radius 2 is 1.48 bits per heavy atom. The van der Waals surface area contributed by atoms with Crippen molar-refractivity contribution in [2.24, 2.45) is 0 Å². The van der Waals surface area contributed by atoms with Gasteiger partial charge in [-0.25, -0.2) is 0 Å². The summed E-state index contributed by atoms with van der Waals surface area (Å²) in [6.45, 7) is 16.1. The van der Waals surface area contributed by atoms with Gasteiger partial charge in [-0.05, 0) is 47.9 Å². The van der Waals surface area contributed by atoms with Crippen molar-refractivity contribution in [2.45, 2.75) is 59.3 Å². The fraction of sp³-hybridized carbons (Fsp3) is 0.556. The number of phenolic OH excluding ortho intramolecular Hbond substituents is 1. The second-order valence-electron chi connectivity index (χ2n) is 10.5. The van der Waals surface area contributed by atoms with Crippen LogP contribution in [0.5, 0.6) is 5.75 Å². The lowest BCUT2D eigenvalue weighted by molar-refractivity contribution is -0.117. The summed E-state index contributed by atoms with van der Waals surface area (Å²) in [6, 6.07) is 4.09. The van der Waals surface area contributed by atoms with E-state index in [4.69, 9.17) is 0 Å². The van der Waals surface area contributed by atoms with Gasteiger partial charge in [-0.1, -0.05) is 40.2 Å². The van der Waals surface area contributed by atoms with Crippen LogP contribution >= 0.6 is 0 Å². The minimum atomic E-state index is 0.00546. The van der Waals surface area contributed by atoms with E-state index in [1.165, 1.54) is 30.0 Å². The van der Waals surface area contributed by atoms with E-state index in [-0.39, 0.29) is 17.0 Å². The molecular formula is C27H37N3O3. The zero-order valence-corrected chi connectivity index (χ0v) is 20.7. The molecule has 1 N–H and O–H groups in total. The molecule has 6 heteroatoms. The van der Waals surface area contributed by atoms with Crippen LogP contribution in [0.15, 0.2) is 35.3 Å². The quantitative estimate of drug-likeness (QED) is 0.527.